The number of nitrogens with zero attached hydrogens (tertiary/aromatic N) is 1. The third-order valence-electron chi connectivity index (χ3n) is 4.16. The minimum atomic E-state index is -0.413. The van der Waals surface area contributed by atoms with Gasteiger partial charge in [0.1, 0.15) is 11.6 Å². The van der Waals surface area contributed by atoms with E-state index in [2.05, 4.69) is 5.32 Å². The molecule has 25 heavy (non-hydrogen) atoms. The molecule has 0 aliphatic carbocycles. The monoisotopic (exact) mass is 344 g/mol. The number of phenolic OH excluding ortho intramolecular Hbond substituents is 1. The fourth-order valence-corrected chi connectivity index (χ4v) is 2.87. The van der Waals surface area contributed by atoms with Gasteiger partial charge < -0.3 is 20.1 Å². The van der Waals surface area contributed by atoms with Crippen molar-refractivity contribution in [3.8, 4) is 5.75 Å². The zero-order valence-electron chi connectivity index (χ0n) is 13.8. The van der Waals surface area contributed by atoms with Crippen LogP contribution in [-0.2, 0) is 11.3 Å². The number of carbonyl (C=O) groups is 1. The Labute approximate surface area is 146 Å². The van der Waals surface area contributed by atoms with Gasteiger partial charge in [-0.15, -0.1) is 0 Å². The summed E-state index contributed by atoms with van der Waals surface area (Å²) in [4.78, 5) is 14.3. The summed E-state index contributed by atoms with van der Waals surface area (Å²) in [5.41, 5.74) is 1.04. The molecule has 1 fully saturated rings. The molecule has 5 nitrogen and oxygen atoms in total. The summed E-state index contributed by atoms with van der Waals surface area (Å²) < 4.78 is 19.0. The number of nitrogens with one attached hydrogen (secondary N) is 1. The largest absolute Gasteiger partial charge is 0.508 e. The Bertz CT molecular complexity index is 732. The smallest absolute Gasteiger partial charge is 0.322 e. The van der Waals surface area contributed by atoms with Gasteiger partial charge in [-0.1, -0.05) is 24.3 Å². The highest BCUT2D eigenvalue weighted by Crippen LogP contribution is 2.21. The SMILES string of the molecule is O=C(Nc1cccc(F)c1)N(Cc1ccccc1O)CC1CCCO1. The maximum atomic E-state index is 13.3. The zero-order valence-corrected chi connectivity index (χ0v) is 13.8. The second-order valence-electron chi connectivity index (χ2n) is 6.08. The molecule has 2 aromatic rings. The van der Waals surface area contributed by atoms with E-state index in [1.165, 1.54) is 12.1 Å². The van der Waals surface area contributed by atoms with E-state index in [1.807, 2.05) is 6.07 Å². The van der Waals surface area contributed by atoms with E-state index in [9.17, 15) is 14.3 Å². The number of rotatable bonds is 5. The molecule has 2 amide bonds. The van der Waals surface area contributed by atoms with Crippen LogP contribution in [0.2, 0.25) is 0 Å². The Kier molecular flexibility index (Phi) is 5.50. The third kappa shape index (κ3) is 4.70. The van der Waals surface area contributed by atoms with E-state index >= 15 is 0 Å². The first-order chi connectivity index (χ1) is 12.1. The highest BCUT2D eigenvalue weighted by Gasteiger charge is 2.23. The van der Waals surface area contributed by atoms with Crippen molar-refractivity contribution in [2.45, 2.75) is 25.5 Å². The van der Waals surface area contributed by atoms with Gasteiger partial charge >= 0.3 is 6.03 Å². The van der Waals surface area contributed by atoms with Crippen molar-refractivity contribution >= 4 is 11.7 Å². The molecule has 2 aromatic carbocycles. The van der Waals surface area contributed by atoms with Crippen molar-refractivity contribution in [3.05, 3.63) is 59.9 Å². The molecule has 0 bridgehead atoms. The minimum Gasteiger partial charge on any atom is -0.508 e. The first-order valence-corrected chi connectivity index (χ1v) is 8.32. The normalized spacial score (nSPS) is 16.6. The van der Waals surface area contributed by atoms with Gasteiger partial charge in [0, 0.05) is 24.4 Å². The quantitative estimate of drug-likeness (QED) is 0.868. The Balaban J connectivity index is 1.74. The highest BCUT2D eigenvalue weighted by molar-refractivity contribution is 5.89. The molecule has 0 spiro atoms. The second-order valence-corrected chi connectivity index (χ2v) is 6.08. The summed E-state index contributed by atoms with van der Waals surface area (Å²) in [7, 11) is 0. The summed E-state index contributed by atoms with van der Waals surface area (Å²) in [6, 6.07) is 12.3. The Morgan fingerprint density at radius 1 is 1.28 bits per heavy atom. The van der Waals surface area contributed by atoms with Gasteiger partial charge in [0.15, 0.2) is 0 Å². The molecular formula is C19H21FN2O3. The number of halogens is 1. The lowest BCUT2D eigenvalue weighted by atomic mass is 10.1. The van der Waals surface area contributed by atoms with Crippen molar-refractivity contribution in [1.82, 2.24) is 4.90 Å². The van der Waals surface area contributed by atoms with E-state index in [0.717, 1.165) is 12.8 Å². The highest BCUT2D eigenvalue weighted by atomic mass is 19.1. The minimum absolute atomic E-state index is 0.0240. The lowest BCUT2D eigenvalue weighted by molar-refractivity contribution is 0.0817. The molecular weight excluding hydrogens is 323 g/mol. The van der Waals surface area contributed by atoms with Gasteiger partial charge in [-0.2, -0.15) is 0 Å². The van der Waals surface area contributed by atoms with Crippen LogP contribution in [0.25, 0.3) is 0 Å². The molecule has 1 heterocycles. The molecule has 1 aliphatic rings. The maximum Gasteiger partial charge on any atom is 0.322 e. The predicted molar refractivity (Wildman–Crippen MR) is 92.9 cm³/mol. The first kappa shape index (κ1) is 17.2. The fraction of sp³-hybridized carbons (Fsp3) is 0.316. The van der Waals surface area contributed by atoms with Crippen LogP contribution >= 0.6 is 0 Å². The molecule has 132 valence electrons. The summed E-state index contributed by atoms with van der Waals surface area (Å²) in [5, 5.41) is 12.7. The molecule has 1 unspecified atom stereocenters. The molecule has 0 saturated carbocycles. The Morgan fingerprint density at radius 3 is 2.84 bits per heavy atom. The molecule has 1 atom stereocenters. The lowest BCUT2D eigenvalue weighted by Gasteiger charge is -2.26. The molecule has 2 N–H and O–H groups in total. The third-order valence-corrected chi connectivity index (χ3v) is 4.16. The molecule has 1 aliphatic heterocycles. The van der Waals surface area contributed by atoms with Crippen LogP contribution in [-0.4, -0.2) is 35.3 Å². The summed E-state index contributed by atoms with van der Waals surface area (Å²) in [5.74, 6) is -0.275. The molecule has 3 rings (SSSR count). The Morgan fingerprint density at radius 2 is 2.12 bits per heavy atom. The number of amides is 2. The number of hydrogen-bond donors (Lipinski definition) is 2. The molecule has 0 aromatic heterocycles. The van der Waals surface area contributed by atoms with Crippen molar-refractivity contribution in [3.63, 3.8) is 0 Å². The second kappa shape index (κ2) is 7.98. The standard InChI is InChI=1S/C19H21FN2O3/c20-15-6-3-7-16(11-15)21-19(24)22(13-17-8-4-10-25-17)12-14-5-1-2-9-18(14)23/h1-3,5-7,9,11,17,23H,4,8,10,12-13H2,(H,21,24). The number of carbonyl (C=O) groups excluding carboxylic acids is 1. The van der Waals surface area contributed by atoms with Crippen molar-refractivity contribution in [2.24, 2.45) is 0 Å². The molecule has 1 saturated heterocycles. The van der Waals surface area contributed by atoms with Crippen LogP contribution in [0.4, 0.5) is 14.9 Å². The van der Waals surface area contributed by atoms with Gasteiger partial charge in [0.05, 0.1) is 12.6 Å². The van der Waals surface area contributed by atoms with Crippen molar-refractivity contribution < 1.29 is 19.0 Å². The number of benzene rings is 2. The van der Waals surface area contributed by atoms with Crippen molar-refractivity contribution in [2.75, 3.05) is 18.5 Å². The average molecular weight is 344 g/mol. The van der Waals surface area contributed by atoms with Crippen LogP contribution < -0.4 is 5.32 Å². The first-order valence-electron chi connectivity index (χ1n) is 8.32. The number of urea groups is 1. The number of hydrogen-bond acceptors (Lipinski definition) is 3. The average Bonchev–Trinajstić information content (AvgIpc) is 3.09. The van der Waals surface area contributed by atoms with Crippen LogP contribution in [0.5, 0.6) is 5.75 Å². The van der Waals surface area contributed by atoms with E-state index in [4.69, 9.17) is 4.74 Å². The Hall–Kier alpha value is -2.60. The number of para-hydroxylation sites is 1. The fourth-order valence-electron chi connectivity index (χ4n) is 2.87. The van der Waals surface area contributed by atoms with Crippen LogP contribution in [0.3, 0.4) is 0 Å². The van der Waals surface area contributed by atoms with Gasteiger partial charge in [-0.05, 0) is 37.1 Å². The maximum absolute atomic E-state index is 13.3. The number of phenols is 1. The van der Waals surface area contributed by atoms with Crippen molar-refractivity contribution in [1.29, 1.82) is 0 Å². The van der Waals surface area contributed by atoms with Gasteiger partial charge in [0.25, 0.3) is 0 Å². The number of anilines is 1. The van der Waals surface area contributed by atoms with Crippen LogP contribution in [0.1, 0.15) is 18.4 Å². The number of aromatic hydroxyl groups is 1. The summed E-state index contributed by atoms with van der Waals surface area (Å²) in [6.07, 6.45) is 1.84. The molecule has 0 radical (unpaired) electrons. The van der Waals surface area contributed by atoms with E-state index in [-0.39, 0.29) is 24.4 Å². The van der Waals surface area contributed by atoms with E-state index < -0.39 is 5.82 Å². The predicted octanol–water partition coefficient (Wildman–Crippen LogP) is 3.74. The number of ether oxygens (including phenoxy) is 1. The lowest BCUT2D eigenvalue weighted by Crippen LogP contribution is -2.39. The topological polar surface area (TPSA) is 61.8 Å². The van der Waals surface area contributed by atoms with Gasteiger partial charge in [0.2, 0.25) is 0 Å². The van der Waals surface area contributed by atoms with Crippen LogP contribution in [0, 0.1) is 5.82 Å². The van der Waals surface area contributed by atoms with E-state index in [0.29, 0.717) is 24.4 Å². The van der Waals surface area contributed by atoms with Crippen LogP contribution in [0.15, 0.2) is 48.5 Å². The summed E-state index contributed by atoms with van der Waals surface area (Å²) in [6.45, 7) is 1.35. The molecule has 6 heteroatoms. The summed E-state index contributed by atoms with van der Waals surface area (Å²) >= 11 is 0. The van der Waals surface area contributed by atoms with E-state index in [1.54, 1.807) is 35.2 Å². The zero-order chi connectivity index (χ0) is 17.6. The van der Waals surface area contributed by atoms with Gasteiger partial charge in [-0.3, -0.25) is 0 Å². The van der Waals surface area contributed by atoms with Gasteiger partial charge in [-0.25, -0.2) is 9.18 Å².